The molecule has 2 aliphatic rings. The van der Waals surface area contributed by atoms with Gasteiger partial charge < -0.3 is 19.5 Å². The molecule has 246 valence electrons. The molecule has 2 radical (unpaired) electrons. The van der Waals surface area contributed by atoms with E-state index in [-0.39, 0.29) is 25.2 Å². The molecule has 2 aromatic heterocycles. The molecule has 1 N–H and O–H groups in total. The molecule has 0 bridgehead atoms. The fourth-order valence-electron chi connectivity index (χ4n) is 6.10. The molecule has 0 unspecified atom stereocenters. The normalized spacial score (nSPS) is 34.0. The number of carbonyl (C=O) groups is 4. The van der Waals surface area contributed by atoms with Gasteiger partial charge in [-0.2, -0.15) is 4.80 Å². The zero-order valence-corrected chi connectivity index (χ0v) is 27.2. The van der Waals surface area contributed by atoms with Crippen molar-refractivity contribution in [3.8, 4) is 23.4 Å². The second-order valence-corrected chi connectivity index (χ2v) is 12.4. The van der Waals surface area contributed by atoms with Gasteiger partial charge in [0.2, 0.25) is 5.82 Å². The number of Topliss-reactive ketones (excluding diaryl/α,β-unsaturated/α-hetero) is 2. The molecule has 0 aliphatic carbocycles. The highest BCUT2D eigenvalue weighted by Crippen LogP contribution is 2.38. The summed E-state index contributed by atoms with van der Waals surface area (Å²) in [5.41, 5.74) is -4.80. The lowest BCUT2D eigenvalue weighted by atomic mass is 9.74. The van der Waals surface area contributed by atoms with Gasteiger partial charge in [-0.25, -0.2) is 14.0 Å². The maximum Gasteiger partial charge on any atom is 0.408 e. The number of esters is 1. The van der Waals surface area contributed by atoms with Crippen molar-refractivity contribution in [1.29, 1.82) is 0 Å². The number of aromatic nitrogens is 5. The number of carbonyl (C=O) groups excluding carboxylic acids is 4. The van der Waals surface area contributed by atoms with Crippen molar-refractivity contribution in [2.24, 2.45) is 24.8 Å². The van der Waals surface area contributed by atoms with E-state index in [1.54, 1.807) is 53.1 Å². The number of amides is 1. The van der Waals surface area contributed by atoms with Crippen LogP contribution in [0.25, 0.3) is 11.5 Å². The number of fused-ring (bicyclic) bond motifs is 1. The SMILES string of the molecule is CC[C@H]1OC(=O)[C@@](C)(F)C(=O)[C@H](C)[C][C@](C)(OCC#Cc2ccc(-c3nnn(C)n3)nc2)C[C@@H](C)C(=O)[C@H](C)[C@H]2NC(=O)O[C@@]21C. The number of ether oxygens (including phenoxy) is 3. The molecule has 0 saturated carbocycles. The van der Waals surface area contributed by atoms with Crippen LogP contribution in [0.15, 0.2) is 18.3 Å². The number of cyclic esters (lactones) is 1. The molecule has 4 heterocycles. The highest BCUT2D eigenvalue weighted by Gasteiger charge is 2.57. The largest absolute Gasteiger partial charge is 0.455 e. The van der Waals surface area contributed by atoms with Gasteiger partial charge in [0.1, 0.15) is 24.2 Å². The molecular formula is C32H39FN6O7. The molecule has 2 saturated heterocycles. The minimum atomic E-state index is -3.04. The number of aryl methyl sites for hydroxylation is 1. The maximum absolute atomic E-state index is 15.9. The van der Waals surface area contributed by atoms with Crippen LogP contribution in [-0.2, 0) is 35.6 Å². The van der Waals surface area contributed by atoms with Crippen LogP contribution in [0, 0.1) is 36.0 Å². The van der Waals surface area contributed by atoms with Gasteiger partial charge in [0.05, 0.1) is 18.7 Å². The lowest BCUT2D eigenvalue weighted by Gasteiger charge is -2.40. The minimum absolute atomic E-state index is 0.0553. The molecular weight excluding hydrogens is 599 g/mol. The van der Waals surface area contributed by atoms with Crippen molar-refractivity contribution in [2.75, 3.05) is 6.61 Å². The van der Waals surface area contributed by atoms with E-state index in [2.05, 4.69) is 44.0 Å². The van der Waals surface area contributed by atoms with Crippen molar-refractivity contribution >= 4 is 23.6 Å². The quantitative estimate of drug-likeness (QED) is 0.297. The van der Waals surface area contributed by atoms with Crippen LogP contribution in [-0.4, -0.2) is 84.4 Å². The predicted octanol–water partition coefficient (Wildman–Crippen LogP) is 2.85. The number of hydrogen-bond acceptors (Lipinski definition) is 11. The molecule has 8 atom stereocenters. The van der Waals surface area contributed by atoms with Crippen LogP contribution in [0.2, 0.25) is 0 Å². The van der Waals surface area contributed by atoms with Gasteiger partial charge >= 0.3 is 12.1 Å². The Morgan fingerprint density at radius 2 is 1.89 bits per heavy atom. The summed E-state index contributed by atoms with van der Waals surface area (Å²) < 4.78 is 33.1. The van der Waals surface area contributed by atoms with Crippen LogP contribution in [0.5, 0.6) is 0 Å². The predicted molar refractivity (Wildman–Crippen MR) is 160 cm³/mol. The van der Waals surface area contributed by atoms with Crippen LogP contribution >= 0.6 is 0 Å². The van der Waals surface area contributed by atoms with Crippen molar-refractivity contribution in [2.45, 2.75) is 90.3 Å². The number of nitrogens with zero attached hydrogens (tertiary/aromatic N) is 5. The molecule has 0 aromatic carbocycles. The monoisotopic (exact) mass is 638 g/mol. The highest BCUT2D eigenvalue weighted by atomic mass is 19.1. The van der Waals surface area contributed by atoms with Gasteiger partial charge in [0.15, 0.2) is 11.4 Å². The zero-order chi connectivity index (χ0) is 34.0. The van der Waals surface area contributed by atoms with Gasteiger partial charge in [-0.3, -0.25) is 14.6 Å². The number of alkyl carbamates (subject to hydrolysis) is 1. The Hall–Kier alpha value is -4.25. The summed E-state index contributed by atoms with van der Waals surface area (Å²) in [6.45, 7) is 10.3. The molecule has 2 fully saturated rings. The van der Waals surface area contributed by atoms with Crippen LogP contribution in [0.4, 0.5) is 9.18 Å². The molecule has 46 heavy (non-hydrogen) atoms. The Kier molecular flexibility index (Phi) is 9.96. The van der Waals surface area contributed by atoms with E-state index in [0.717, 1.165) is 6.92 Å². The smallest absolute Gasteiger partial charge is 0.408 e. The highest BCUT2D eigenvalue weighted by molar-refractivity contribution is 6.08. The first-order chi connectivity index (χ1) is 21.5. The fourth-order valence-corrected chi connectivity index (χ4v) is 6.10. The van der Waals surface area contributed by atoms with E-state index in [1.165, 1.54) is 18.6 Å². The van der Waals surface area contributed by atoms with Crippen molar-refractivity contribution in [3.05, 3.63) is 30.3 Å². The molecule has 0 spiro atoms. The summed E-state index contributed by atoms with van der Waals surface area (Å²) >= 11 is 0. The summed E-state index contributed by atoms with van der Waals surface area (Å²) in [5, 5.41) is 14.5. The van der Waals surface area contributed by atoms with E-state index in [4.69, 9.17) is 14.2 Å². The Morgan fingerprint density at radius 3 is 2.50 bits per heavy atom. The van der Waals surface area contributed by atoms with Crippen LogP contribution < -0.4 is 5.32 Å². The first-order valence-electron chi connectivity index (χ1n) is 15.1. The summed E-state index contributed by atoms with van der Waals surface area (Å²) in [6.07, 6.45) is 2.79. The van der Waals surface area contributed by atoms with Crippen LogP contribution in [0.1, 0.15) is 66.9 Å². The third-order valence-corrected chi connectivity index (χ3v) is 8.55. The molecule has 1 amide bonds. The number of rotatable bonds is 4. The maximum atomic E-state index is 15.9. The van der Waals surface area contributed by atoms with Crippen molar-refractivity contribution in [3.63, 3.8) is 0 Å². The van der Waals surface area contributed by atoms with Gasteiger partial charge in [-0.1, -0.05) is 39.5 Å². The van der Waals surface area contributed by atoms with E-state index < -0.39 is 64.6 Å². The Morgan fingerprint density at radius 1 is 1.17 bits per heavy atom. The van der Waals surface area contributed by atoms with Gasteiger partial charge in [0.25, 0.3) is 5.67 Å². The Balaban J connectivity index is 1.59. The van der Waals surface area contributed by atoms with E-state index in [1.807, 2.05) is 0 Å². The average Bonchev–Trinajstić information content (AvgIpc) is 3.58. The second kappa shape index (κ2) is 13.2. The fraction of sp³-hybridized carbons (Fsp3) is 0.594. The molecule has 4 rings (SSSR count). The van der Waals surface area contributed by atoms with Gasteiger partial charge in [-0.05, 0) is 51.0 Å². The summed E-state index contributed by atoms with van der Waals surface area (Å²) in [5.74, 6) is 0.802. The summed E-state index contributed by atoms with van der Waals surface area (Å²) in [6, 6.07) is 2.54. The summed E-state index contributed by atoms with van der Waals surface area (Å²) in [7, 11) is 1.65. The van der Waals surface area contributed by atoms with E-state index in [0.29, 0.717) is 17.1 Å². The van der Waals surface area contributed by atoms with Crippen molar-refractivity contribution < 1.29 is 37.8 Å². The molecule has 13 nitrogen and oxygen atoms in total. The Bertz CT molecular complexity index is 1550. The number of hydrogen-bond donors (Lipinski definition) is 1. The molecule has 14 heteroatoms. The third kappa shape index (κ3) is 7.09. The van der Waals surface area contributed by atoms with Crippen molar-refractivity contribution in [1.82, 2.24) is 30.5 Å². The van der Waals surface area contributed by atoms with E-state index >= 15 is 4.39 Å². The van der Waals surface area contributed by atoms with Crippen LogP contribution in [0.3, 0.4) is 0 Å². The average molecular weight is 639 g/mol. The Labute approximate surface area is 267 Å². The number of alkyl halides is 1. The number of tetrazole rings is 1. The van der Waals surface area contributed by atoms with Gasteiger partial charge in [0, 0.05) is 35.9 Å². The first-order valence-corrected chi connectivity index (χ1v) is 15.1. The minimum Gasteiger partial charge on any atom is -0.455 e. The number of halogens is 1. The number of ketones is 2. The lowest BCUT2D eigenvalue weighted by molar-refractivity contribution is -0.179. The first kappa shape index (κ1) is 34.6. The molecule has 2 aromatic rings. The summed E-state index contributed by atoms with van der Waals surface area (Å²) in [4.78, 5) is 58.3. The number of nitrogens with one attached hydrogen (secondary N) is 1. The second-order valence-electron chi connectivity index (χ2n) is 12.4. The van der Waals surface area contributed by atoms with Gasteiger partial charge in [-0.15, -0.1) is 10.2 Å². The molecule has 2 aliphatic heterocycles. The zero-order valence-electron chi connectivity index (χ0n) is 27.2. The topological polar surface area (TPSA) is 164 Å². The lowest BCUT2D eigenvalue weighted by Crippen LogP contribution is -2.58. The third-order valence-electron chi connectivity index (χ3n) is 8.55. The standard InChI is InChI=1S/C32H39FN6O7/c1-9-23-32(7)25(35-29(43)46-32)20(4)24(40)18(2)15-30(5,16-19(3)26(41)31(6,33)28(42)45-23)44-14-10-11-21-12-13-22(34-17-21)27-36-38-39(8)37-27/h12-13,17-20,23,25H,9,14-15H2,1-8H3,(H,35,43)/t18-,19-,20+,23-,25-,30-,31+,32-/m1/s1. The number of pyridine rings is 1. The van der Waals surface area contributed by atoms with E-state index in [9.17, 15) is 19.2 Å².